The molecule has 2 aromatic heterocycles. The summed E-state index contributed by atoms with van der Waals surface area (Å²) in [5.41, 5.74) is 3.27. The minimum Gasteiger partial charge on any atom is -0.364 e. The molecule has 2 aromatic rings. The van der Waals surface area contributed by atoms with Gasteiger partial charge in [0.2, 0.25) is 0 Å². The van der Waals surface area contributed by atoms with Crippen LogP contribution in [-0.4, -0.2) is 32.4 Å². The molecule has 3 heterocycles. The van der Waals surface area contributed by atoms with Gasteiger partial charge in [0, 0.05) is 24.7 Å². The molecule has 1 fully saturated rings. The molecule has 0 aromatic carbocycles. The van der Waals surface area contributed by atoms with Crippen molar-refractivity contribution >= 4 is 0 Å². The number of fused-ring (bicyclic) bond motifs is 1. The van der Waals surface area contributed by atoms with Gasteiger partial charge in [-0.15, -0.1) is 0 Å². The predicted octanol–water partition coefficient (Wildman–Crippen LogP) is 1.77. The Hall–Kier alpha value is -1.95. The maximum Gasteiger partial charge on any atom is 0.267 e. The lowest BCUT2D eigenvalue weighted by Crippen LogP contribution is -2.37. The second kappa shape index (κ2) is 6.28. The van der Waals surface area contributed by atoms with Crippen LogP contribution >= 0.6 is 0 Å². The van der Waals surface area contributed by atoms with Crippen molar-refractivity contribution in [1.29, 1.82) is 0 Å². The highest BCUT2D eigenvalue weighted by molar-refractivity contribution is 5.20. The van der Waals surface area contributed by atoms with Gasteiger partial charge in [-0.3, -0.25) is 9.69 Å². The smallest absolute Gasteiger partial charge is 0.267 e. The van der Waals surface area contributed by atoms with Gasteiger partial charge in [0.25, 0.3) is 5.56 Å². The van der Waals surface area contributed by atoms with E-state index in [1.165, 1.54) is 12.8 Å². The van der Waals surface area contributed by atoms with Crippen LogP contribution in [0.1, 0.15) is 42.6 Å². The minimum absolute atomic E-state index is 0.0407. The van der Waals surface area contributed by atoms with E-state index in [-0.39, 0.29) is 5.56 Å². The van der Waals surface area contributed by atoms with Gasteiger partial charge in [0.15, 0.2) is 0 Å². The second-order valence-corrected chi connectivity index (χ2v) is 6.60. The number of likely N-dealkylation sites (tertiary alicyclic amines) is 1. The molecule has 6 heteroatoms. The summed E-state index contributed by atoms with van der Waals surface area (Å²) in [6.07, 6.45) is 8.22. The largest absolute Gasteiger partial charge is 0.364 e. The standard InChI is InChI=1S/C17H22N4O2/c22-17-10-13-4-1-2-6-16(13)18-21(17)12-15-5-3-8-20(15)11-14-7-9-23-19-14/h7,9-10,15H,1-6,8,11-12H2. The van der Waals surface area contributed by atoms with Crippen molar-refractivity contribution in [3.63, 3.8) is 0 Å². The van der Waals surface area contributed by atoms with Crippen LogP contribution in [0.3, 0.4) is 0 Å². The van der Waals surface area contributed by atoms with Gasteiger partial charge in [-0.05, 0) is 50.6 Å². The van der Waals surface area contributed by atoms with Crippen molar-refractivity contribution < 1.29 is 4.52 Å². The van der Waals surface area contributed by atoms with Gasteiger partial charge in [-0.25, -0.2) is 4.68 Å². The van der Waals surface area contributed by atoms with Crippen LogP contribution in [0, 0.1) is 0 Å². The first kappa shape index (κ1) is 14.6. The summed E-state index contributed by atoms with van der Waals surface area (Å²) in [7, 11) is 0. The molecule has 23 heavy (non-hydrogen) atoms. The number of hydrogen-bond acceptors (Lipinski definition) is 5. The Labute approximate surface area is 135 Å². The van der Waals surface area contributed by atoms with E-state index in [4.69, 9.17) is 4.52 Å². The Balaban J connectivity index is 1.51. The molecule has 1 aliphatic heterocycles. The quantitative estimate of drug-likeness (QED) is 0.860. The highest BCUT2D eigenvalue weighted by Crippen LogP contribution is 2.21. The second-order valence-electron chi connectivity index (χ2n) is 6.60. The van der Waals surface area contributed by atoms with Gasteiger partial charge < -0.3 is 4.52 Å². The Bertz CT molecular complexity index is 723. The van der Waals surface area contributed by atoms with Crippen LogP contribution in [0.15, 0.2) is 27.7 Å². The molecule has 1 aliphatic carbocycles. The van der Waals surface area contributed by atoms with Gasteiger partial charge in [-0.1, -0.05) is 5.16 Å². The van der Waals surface area contributed by atoms with Gasteiger partial charge in [0.1, 0.15) is 6.26 Å². The fraction of sp³-hybridized carbons (Fsp3) is 0.588. The Morgan fingerprint density at radius 1 is 1.26 bits per heavy atom. The van der Waals surface area contributed by atoms with E-state index in [2.05, 4.69) is 15.2 Å². The Kier molecular flexibility index (Phi) is 3.99. The molecule has 1 saturated heterocycles. The third-order valence-electron chi connectivity index (χ3n) is 5.01. The molecule has 122 valence electrons. The highest BCUT2D eigenvalue weighted by atomic mass is 16.5. The number of rotatable bonds is 4. The molecule has 0 N–H and O–H groups in total. The molecule has 0 spiro atoms. The van der Waals surface area contributed by atoms with Crippen molar-refractivity contribution in [3.05, 3.63) is 45.7 Å². The lowest BCUT2D eigenvalue weighted by molar-refractivity contribution is 0.210. The number of aryl methyl sites for hydroxylation is 2. The zero-order valence-electron chi connectivity index (χ0n) is 13.3. The van der Waals surface area contributed by atoms with Crippen LogP contribution in [-0.2, 0) is 25.9 Å². The Morgan fingerprint density at radius 3 is 3.04 bits per heavy atom. The van der Waals surface area contributed by atoms with E-state index in [1.54, 1.807) is 17.0 Å². The van der Waals surface area contributed by atoms with E-state index >= 15 is 0 Å². The first-order valence-electron chi connectivity index (χ1n) is 8.53. The molecular formula is C17H22N4O2. The average Bonchev–Trinajstić information content (AvgIpc) is 3.21. The molecular weight excluding hydrogens is 292 g/mol. The molecule has 0 bridgehead atoms. The first-order valence-corrected chi connectivity index (χ1v) is 8.53. The third kappa shape index (κ3) is 3.08. The number of hydrogen-bond donors (Lipinski definition) is 0. The monoisotopic (exact) mass is 314 g/mol. The van der Waals surface area contributed by atoms with Crippen molar-refractivity contribution in [1.82, 2.24) is 19.8 Å². The first-order chi connectivity index (χ1) is 11.3. The number of nitrogens with zero attached hydrogens (tertiary/aromatic N) is 4. The average molecular weight is 314 g/mol. The van der Waals surface area contributed by atoms with E-state index in [1.807, 2.05) is 6.07 Å². The molecule has 0 radical (unpaired) electrons. The lowest BCUT2D eigenvalue weighted by atomic mass is 9.97. The predicted molar refractivity (Wildman–Crippen MR) is 85.1 cm³/mol. The summed E-state index contributed by atoms with van der Waals surface area (Å²) >= 11 is 0. The van der Waals surface area contributed by atoms with Crippen molar-refractivity contribution in [2.24, 2.45) is 0 Å². The van der Waals surface area contributed by atoms with Crippen LogP contribution < -0.4 is 5.56 Å². The fourth-order valence-corrected chi connectivity index (χ4v) is 3.77. The molecule has 6 nitrogen and oxygen atoms in total. The molecule has 0 amide bonds. The molecule has 0 saturated carbocycles. The fourth-order valence-electron chi connectivity index (χ4n) is 3.77. The maximum absolute atomic E-state index is 12.4. The molecule has 1 atom stereocenters. The van der Waals surface area contributed by atoms with E-state index in [0.717, 1.165) is 55.7 Å². The van der Waals surface area contributed by atoms with Gasteiger partial charge in [-0.2, -0.15) is 5.10 Å². The summed E-state index contributed by atoms with van der Waals surface area (Å²) in [4.78, 5) is 14.7. The maximum atomic E-state index is 12.4. The summed E-state index contributed by atoms with van der Waals surface area (Å²) in [5, 5.41) is 8.65. The van der Waals surface area contributed by atoms with Crippen molar-refractivity contribution in [2.75, 3.05) is 6.54 Å². The Morgan fingerprint density at radius 2 is 2.17 bits per heavy atom. The van der Waals surface area contributed by atoms with Crippen LogP contribution in [0.5, 0.6) is 0 Å². The topological polar surface area (TPSA) is 64.2 Å². The van der Waals surface area contributed by atoms with Crippen molar-refractivity contribution in [3.8, 4) is 0 Å². The van der Waals surface area contributed by atoms with Gasteiger partial charge in [0.05, 0.1) is 17.9 Å². The summed E-state index contributed by atoms with van der Waals surface area (Å²) in [5.74, 6) is 0. The van der Waals surface area contributed by atoms with Gasteiger partial charge >= 0.3 is 0 Å². The molecule has 2 aliphatic rings. The minimum atomic E-state index is 0.0407. The van der Waals surface area contributed by atoms with E-state index in [9.17, 15) is 4.79 Å². The summed E-state index contributed by atoms with van der Waals surface area (Å²) < 4.78 is 6.59. The van der Waals surface area contributed by atoms with E-state index < -0.39 is 0 Å². The zero-order valence-corrected chi connectivity index (χ0v) is 13.3. The third-order valence-corrected chi connectivity index (χ3v) is 5.01. The number of aromatic nitrogens is 3. The van der Waals surface area contributed by atoms with Crippen LogP contribution in [0.25, 0.3) is 0 Å². The summed E-state index contributed by atoms with van der Waals surface area (Å²) in [6, 6.07) is 4.05. The van der Waals surface area contributed by atoms with Crippen LogP contribution in [0.2, 0.25) is 0 Å². The van der Waals surface area contributed by atoms with Crippen LogP contribution in [0.4, 0.5) is 0 Å². The SMILES string of the molecule is O=c1cc2c(nn1CC1CCCN1Cc1ccon1)CCCC2. The lowest BCUT2D eigenvalue weighted by Gasteiger charge is -2.24. The van der Waals surface area contributed by atoms with Crippen molar-refractivity contribution in [2.45, 2.75) is 57.7 Å². The summed E-state index contributed by atoms with van der Waals surface area (Å²) in [6.45, 7) is 2.49. The molecule has 1 unspecified atom stereocenters. The van der Waals surface area contributed by atoms with E-state index in [0.29, 0.717) is 12.6 Å². The normalized spacial score (nSPS) is 21.5. The zero-order chi connectivity index (χ0) is 15.6. The molecule has 4 rings (SSSR count). The highest BCUT2D eigenvalue weighted by Gasteiger charge is 2.26.